The van der Waals surface area contributed by atoms with Crippen LogP contribution in [0.2, 0.25) is 0 Å². The molecule has 0 radical (unpaired) electrons. The maximum atomic E-state index is 12.0. The Kier molecular flexibility index (Phi) is 2.90. The highest BCUT2D eigenvalue weighted by Gasteiger charge is 2.35. The standard InChI is InChI=1S/C15H15NO2S/c1-11(10-19(17,18)13-7-8-13)14-9-6-12-4-2-3-5-15(12)16-14/h2-6,9,13H,1,7-8,10H2. The van der Waals surface area contributed by atoms with E-state index < -0.39 is 9.84 Å². The molecule has 0 atom stereocenters. The van der Waals surface area contributed by atoms with Gasteiger partial charge >= 0.3 is 0 Å². The largest absolute Gasteiger partial charge is 0.248 e. The van der Waals surface area contributed by atoms with E-state index in [0.29, 0.717) is 11.3 Å². The number of nitrogens with zero attached hydrogens (tertiary/aromatic N) is 1. The molecule has 2 aromatic rings. The fourth-order valence-electron chi connectivity index (χ4n) is 2.12. The van der Waals surface area contributed by atoms with Gasteiger partial charge in [-0.15, -0.1) is 0 Å². The van der Waals surface area contributed by atoms with E-state index in [2.05, 4.69) is 11.6 Å². The summed E-state index contributed by atoms with van der Waals surface area (Å²) >= 11 is 0. The van der Waals surface area contributed by atoms with Gasteiger partial charge in [-0.3, -0.25) is 0 Å². The highest BCUT2D eigenvalue weighted by molar-refractivity contribution is 7.92. The molecule has 3 rings (SSSR count). The minimum absolute atomic E-state index is 0.0169. The lowest BCUT2D eigenvalue weighted by Gasteiger charge is -2.07. The fourth-order valence-corrected chi connectivity index (χ4v) is 3.85. The van der Waals surface area contributed by atoms with Gasteiger partial charge < -0.3 is 0 Å². The van der Waals surface area contributed by atoms with E-state index in [1.165, 1.54) is 0 Å². The third-order valence-electron chi connectivity index (χ3n) is 3.37. The maximum Gasteiger partial charge on any atom is 0.157 e. The third kappa shape index (κ3) is 2.54. The lowest BCUT2D eigenvalue weighted by Crippen LogP contribution is -2.13. The molecular formula is C15H15NO2S. The number of sulfone groups is 1. The van der Waals surface area contributed by atoms with Gasteiger partial charge in [0, 0.05) is 5.39 Å². The summed E-state index contributed by atoms with van der Waals surface area (Å²) in [7, 11) is -3.03. The van der Waals surface area contributed by atoms with Crippen molar-refractivity contribution in [3.05, 3.63) is 48.7 Å². The van der Waals surface area contributed by atoms with Crippen molar-refractivity contribution in [2.24, 2.45) is 0 Å². The van der Waals surface area contributed by atoms with E-state index in [-0.39, 0.29) is 11.0 Å². The topological polar surface area (TPSA) is 47.0 Å². The minimum Gasteiger partial charge on any atom is -0.248 e. The fraction of sp³-hybridized carbons (Fsp3) is 0.267. The van der Waals surface area contributed by atoms with Crippen molar-refractivity contribution >= 4 is 26.3 Å². The number of aromatic nitrogens is 1. The Morgan fingerprint density at radius 1 is 1.21 bits per heavy atom. The van der Waals surface area contributed by atoms with Gasteiger partial charge in [-0.1, -0.05) is 30.8 Å². The SMILES string of the molecule is C=C(CS(=O)(=O)C1CC1)c1ccc2ccccc2n1. The zero-order chi connectivity index (χ0) is 13.5. The molecule has 1 aromatic heterocycles. The summed E-state index contributed by atoms with van der Waals surface area (Å²) < 4.78 is 23.9. The van der Waals surface area contributed by atoms with Crippen molar-refractivity contribution in [1.29, 1.82) is 0 Å². The first-order valence-corrected chi connectivity index (χ1v) is 8.03. The van der Waals surface area contributed by atoms with Gasteiger partial charge in [0.2, 0.25) is 0 Å². The molecule has 1 heterocycles. The predicted molar refractivity (Wildman–Crippen MR) is 77.6 cm³/mol. The van der Waals surface area contributed by atoms with Crippen LogP contribution in [0.1, 0.15) is 18.5 Å². The normalized spacial score (nSPS) is 15.6. The van der Waals surface area contributed by atoms with Gasteiger partial charge in [-0.25, -0.2) is 13.4 Å². The monoisotopic (exact) mass is 273 g/mol. The van der Waals surface area contributed by atoms with E-state index >= 15 is 0 Å². The molecule has 4 heteroatoms. The number of para-hydroxylation sites is 1. The molecule has 0 amide bonds. The second-order valence-corrected chi connectivity index (χ2v) is 7.28. The molecule has 1 aromatic carbocycles. The average Bonchev–Trinajstić information content (AvgIpc) is 3.22. The Bertz CT molecular complexity index is 746. The average molecular weight is 273 g/mol. The van der Waals surface area contributed by atoms with Crippen LogP contribution in [0, 0.1) is 0 Å². The van der Waals surface area contributed by atoms with Gasteiger partial charge in [0.15, 0.2) is 9.84 Å². The van der Waals surface area contributed by atoms with Crippen molar-refractivity contribution in [3.63, 3.8) is 0 Å². The minimum atomic E-state index is -3.03. The van der Waals surface area contributed by atoms with Crippen LogP contribution in [0.15, 0.2) is 43.0 Å². The summed E-state index contributed by atoms with van der Waals surface area (Å²) in [4.78, 5) is 4.48. The number of fused-ring (bicyclic) bond motifs is 1. The lowest BCUT2D eigenvalue weighted by molar-refractivity contribution is 0.598. The quantitative estimate of drug-likeness (QED) is 0.860. The molecule has 0 bridgehead atoms. The van der Waals surface area contributed by atoms with Crippen molar-refractivity contribution in [1.82, 2.24) is 4.98 Å². The van der Waals surface area contributed by atoms with Gasteiger partial charge in [0.1, 0.15) is 0 Å². The van der Waals surface area contributed by atoms with Crippen LogP contribution in [0.5, 0.6) is 0 Å². The van der Waals surface area contributed by atoms with Gasteiger partial charge in [-0.2, -0.15) is 0 Å². The summed E-state index contributed by atoms with van der Waals surface area (Å²) in [5.74, 6) is 0.0169. The summed E-state index contributed by atoms with van der Waals surface area (Å²) in [6, 6.07) is 11.6. The lowest BCUT2D eigenvalue weighted by atomic mass is 10.1. The van der Waals surface area contributed by atoms with Gasteiger partial charge in [-0.05, 0) is 30.5 Å². The third-order valence-corrected chi connectivity index (χ3v) is 5.61. The van der Waals surface area contributed by atoms with Crippen LogP contribution in [-0.2, 0) is 9.84 Å². The number of rotatable bonds is 4. The van der Waals surface area contributed by atoms with E-state index in [9.17, 15) is 8.42 Å². The maximum absolute atomic E-state index is 12.0. The molecule has 1 saturated carbocycles. The van der Waals surface area contributed by atoms with Crippen molar-refractivity contribution in [2.45, 2.75) is 18.1 Å². The van der Waals surface area contributed by atoms with Gasteiger partial charge in [0.25, 0.3) is 0 Å². The second-order valence-electron chi connectivity index (χ2n) is 5.00. The van der Waals surface area contributed by atoms with Crippen molar-refractivity contribution in [3.8, 4) is 0 Å². The first-order valence-electron chi connectivity index (χ1n) is 6.32. The van der Waals surface area contributed by atoms with E-state index in [1.54, 1.807) is 0 Å². The highest BCUT2D eigenvalue weighted by atomic mass is 32.2. The Hall–Kier alpha value is -1.68. The second kappa shape index (κ2) is 4.46. The van der Waals surface area contributed by atoms with Gasteiger partial charge in [0.05, 0.1) is 22.2 Å². The molecule has 0 aliphatic heterocycles. The van der Waals surface area contributed by atoms with E-state index in [4.69, 9.17) is 0 Å². The smallest absolute Gasteiger partial charge is 0.157 e. The zero-order valence-corrected chi connectivity index (χ0v) is 11.4. The molecule has 98 valence electrons. The number of hydrogen-bond donors (Lipinski definition) is 0. The Balaban J connectivity index is 1.89. The Morgan fingerprint density at radius 2 is 1.95 bits per heavy atom. The van der Waals surface area contributed by atoms with Crippen LogP contribution in [-0.4, -0.2) is 24.4 Å². The number of hydrogen-bond acceptors (Lipinski definition) is 3. The van der Waals surface area contributed by atoms with Crippen molar-refractivity contribution < 1.29 is 8.42 Å². The number of benzene rings is 1. The molecule has 0 saturated heterocycles. The Labute approximate surface area is 112 Å². The zero-order valence-electron chi connectivity index (χ0n) is 10.5. The highest BCUT2D eigenvalue weighted by Crippen LogP contribution is 2.31. The molecule has 0 spiro atoms. The molecular weight excluding hydrogens is 258 g/mol. The molecule has 0 unspecified atom stereocenters. The van der Waals surface area contributed by atoms with Crippen molar-refractivity contribution in [2.75, 3.05) is 5.75 Å². The van der Waals surface area contributed by atoms with Crippen LogP contribution >= 0.6 is 0 Å². The van der Waals surface area contributed by atoms with Crippen LogP contribution in [0.3, 0.4) is 0 Å². The molecule has 1 aliphatic carbocycles. The molecule has 1 aliphatic rings. The summed E-state index contributed by atoms with van der Waals surface area (Å²) in [5, 5.41) is 0.897. The number of pyridine rings is 1. The summed E-state index contributed by atoms with van der Waals surface area (Å²) in [6.45, 7) is 3.89. The molecule has 19 heavy (non-hydrogen) atoms. The van der Waals surface area contributed by atoms with E-state index in [1.807, 2.05) is 36.4 Å². The Morgan fingerprint density at radius 3 is 2.68 bits per heavy atom. The van der Waals surface area contributed by atoms with Crippen LogP contribution in [0.4, 0.5) is 0 Å². The van der Waals surface area contributed by atoms with E-state index in [0.717, 1.165) is 23.7 Å². The first-order chi connectivity index (χ1) is 9.06. The van der Waals surface area contributed by atoms with Crippen LogP contribution < -0.4 is 0 Å². The predicted octanol–water partition coefficient (Wildman–Crippen LogP) is 2.83. The summed E-state index contributed by atoms with van der Waals surface area (Å²) in [5.41, 5.74) is 2.12. The molecule has 0 N–H and O–H groups in total. The first kappa shape index (κ1) is 12.4. The summed E-state index contributed by atoms with van der Waals surface area (Å²) in [6.07, 6.45) is 1.58. The molecule has 1 fully saturated rings. The van der Waals surface area contributed by atoms with Crippen LogP contribution in [0.25, 0.3) is 16.5 Å². The molecule has 3 nitrogen and oxygen atoms in total.